The van der Waals surface area contributed by atoms with Crippen LogP contribution in [0.1, 0.15) is 13.8 Å². The van der Waals surface area contributed by atoms with E-state index in [1.54, 1.807) is 0 Å². The van der Waals surface area contributed by atoms with Crippen molar-refractivity contribution in [3.8, 4) is 5.75 Å². The van der Waals surface area contributed by atoms with Crippen molar-refractivity contribution in [2.45, 2.75) is 31.0 Å². The summed E-state index contributed by atoms with van der Waals surface area (Å²) in [6.07, 6.45) is -0.245. The van der Waals surface area contributed by atoms with Crippen molar-refractivity contribution in [1.82, 2.24) is 4.31 Å². The second kappa shape index (κ2) is 5.89. The van der Waals surface area contributed by atoms with E-state index in [1.165, 1.54) is 29.6 Å². The van der Waals surface area contributed by atoms with E-state index in [4.69, 9.17) is 21.1 Å². The molecule has 0 aliphatic carbocycles. The van der Waals surface area contributed by atoms with Gasteiger partial charge in [-0.3, -0.25) is 0 Å². The molecule has 5 nitrogen and oxygen atoms in total. The fraction of sp³-hybridized carbons (Fsp3) is 0.538. The van der Waals surface area contributed by atoms with Crippen LogP contribution >= 0.6 is 11.6 Å². The molecule has 0 amide bonds. The Labute approximate surface area is 124 Å². The van der Waals surface area contributed by atoms with Gasteiger partial charge in [0, 0.05) is 19.2 Å². The molecule has 0 radical (unpaired) electrons. The number of nitrogens with zero attached hydrogens (tertiary/aromatic N) is 1. The number of halogens is 1. The number of rotatable bonds is 3. The molecule has 1 aliphatic heterocycles. The molecule has 1 aromatic rings. The van der Waals surface area contributed by atoms with Crippen molar-refractivity contribution in [3.05, 3.63) is 23.2 Å². The van der Waals surface area contributed by atoms with Crippen LogP contribution in [0, 0.1) is 0 Å². The highest BCUT2D eigenvalue weighted by atomic mass is 35.5. The van der Waals surface area contributed by atoms with Gasteiger partial charge >= 0.3 is 0 Å². The first kappa shape index (κ1) is 15.6. The third-order valence-electron chi connectivity index (χ3n) is 3.15. The quantitative estimate of drug-likeness (QED) is 0.856. The third kappa shape index (κ3) is 3.09. The summed E-state index contributed by atoms with van der Waals surface area (Å²) in [5.74, 6) is 0.349. The average molecular weight is 320 g/mol. The standard InChI is InChI=1S/C13H18ClNO4S/c1-9-7-15(8-10(2)19-9)20(16,17)11-4-5-12(14)13(6-11)18-3/h4-6,9-10H,7-8H2,1-3H3/t9-,10-/m1/s1. The van der Waals surface area contributed by atoms with Crippen molar-refractivity contribution < 1.29 is 17.9 Å². The first-order chi connectivity index (χ1) is 9.34. The topological polar surface area (TPSA) is 55.8 Å². The number of morpholine rings is 1. The summed E-state index contributed by atoms with van der Waals surface area (Å²) in [6.45, 7) is 4.41. The van der Waals surface area contributed by atoms with Crippen LogP contribution in [0.4, 0.5) is 0 Å². The Balaban J connectivity index is 2.34. The molecular formula is C13H18ClNO4S. The maximum atomic E-state index is 12.6. The summed E-state index contributed by atoms with van der Waals surface area (Å²) in [4.78, 5) is 0.181. The molecule has 0 bridgehead atoms. The molecule has 1 fully saturated rings. The minimum Gasteiger partial charge on any atom is -0.495 e. The Morgan fingerprint density at radius 1 is 1.30 bits per heavy atom. The van der Waals surface area contributed by atoms with E-state index in [9.17, 15) is 8.42 Å². The lowest BCUT2D eigenvalue weighted by molar-refractivity contribution is -0.0440. The minimum absolute atomic E-state index is 0.122. The summed E-state index contributed by atoms with van der Waals surface area (Å²) < 4.78 is 37.3. The largest absolute Gasteiger partial charge is 0.495 e. The van der Waals surface area contributed by atoms with Gasteiger partial charge in [-0.2, -0.15) is 4.31 Å². The average Bonchev–Trinajstić information content (AvgIpc) is 2.37. The molecule has 1 saturated heterocycles. The Hall–Kier alpha value is -0.820. The smallest absolute Gasteiger partial charge is 0.243 e. The summed E-state index contributed by atoms with van der Waals surface area (Å²) in [6, 6.07) is 4.47. The van der Waals surface area contributed by atoms with Gasteiger partial charge < -0.3 is 9.47 Å². The van der Waals surface area contributed by atoms with Crippen molar-refractivity contribution in [2.24, 2.45) is 0 Å². The van der Waals surface area contributed by atoms with E-state index in [0.29, 0.717) is 23.9 Å². The van der Waals surface area contributed by atoms with E-state index in [-0.39, 0.29) is 17.1 Å². The predicted molar refractivity (Wildman–Crippen MR) is 76.8 cm³/mol. The molecule has 0 N–H and O–H groups in total. The van der Waals surface area contributed by atoms with Crippen LogP contribution in [0.2, 0.25) is 5.02 Å². The number of benzene rings is 1. The number of methoxy groups -OCH3 is 1. The first-order valence-corrected chi connectivity index (χ1v) is 8.15. The molecule has 1 aromatic carbocycles. The number of hydrogen-bond donors (Lipinski definition) is 0. The molecule has 2 rings (SSSR count). The zero-order valence-electron chi connectivity index (χ0n) is 11.7. The van der Waals surface area contributed by atoms with Crippen molar-refractivity contribution in [2.75, 3.05) is 20.2 Å². The Morgan fingerprint density at radius 2 is 1.90 bits per heavy atom. The molecule has 20 heavy (non-hydrogen) atoms. The summed E-state index contributed by atoms with van der Waals surface area (Å²) in [5.41, 5.74) is 0. The first-order valence-electron chi connectivity index (χ1n) is 6.33. The molecule has 2 atom stereocenters. The Kier molecular flexibility index (Phi) is 4.59. The zero-order chi connectivity index (χ0) is 14.9. The summed E-state index contributed by atoms with van der Waals surface area (Å²) in [7, 11) is -2.11. The highest BCUT2D eigenvalue weighted by Gasteiger charge is 2.32. The van der Waals surface area contributed by atoms with E-state index >= 15 is 0 Å². The van der Waals surface area contributed by atoms with Crippen LogP contribution in [0.5, 0.6) is 5.75 Å². The number of sulfonamides is 1. The van der Waals surface area contributed by atoms with Gasteiger partial charge in [-0.1, -0.05) is 11.6 Å². The number of ether oxygens (including phenoxy) is 2. The van der Waals surface area contributed by atoms with Gasteiger partial charge in [0.1, 0.15) is 5.75 Å². The Bertz CT molecular complexity index is 580. The molecule has 7 heteroatoms. The minimum atomic E-state index is -3.56. The van der Waals surface area contributed by atoms with E-state index in [1.807, 2.05) is 13.8 Å². The lowest BCUT2D eigenvalue weighted by Gasteiger charge is -2.34. The maximum absolute atomic E-state index is 12.6. The van der Waals surface area contributed by atoms with E-state index in [0.717, 1.165) is 0 Å². The van der Waals surface area contributed by atoms with Gasteiger partial charge in [0.2, 0.25) is 10.0 Å². The van der Waals surface area contributed by atoms with Crippen LogP contribution in [-0.2, 0) is 14.8 Å². The molecule has 0 saturated carbocycles. The van der Waals surface area contributed by atoms with Crippen LogP contribution in [0.15, 0.2) is 23.1 Å². The SMILES string of the molecule is COc1cc(S(=O)(=O)N2C[C@@H](C)O[C@H](C)C2)ccc1Cl. The third-order valence-corrected chi connectivity index (χ3v) is 5.29. The molecule has 1 heterocycles. The molecule has 1 aliphatic rings. The lowest BCUT2D eigenvalue weighted by atomic mass is 10.3. The van der Waals surface area contributed by atoms with Crippen LogP contribution in [0.25, 0.3) is 0 Å². The van der Waals surface area contributed by atoms with Gasteiger partial charge in [0.25, 0.3) is 0 Å². The van der Waals surface area contributed by atoms with Crippen LogP contribution < -0.4 is 4.74 Å². The Morgan fingerprint density at radius 3 is 2.45 bits per heavy atom. The fourth-order valence-corrected chi connectivity index (χ4v) is 4.08. The molecule has 0 aromatic heterocycles. The number of hydrogen-bond acceptors (Lipinski definition) is 4. The van der Waals surface area contributed by atoms with Crippen molar-refractivity contribution in [1.29, 1.82) is 0 Å². The molecule has 112 valence electrons. The highest BCUT2D eigenvalue weighted by Crippen LogP contribution is 2.29. The van der Waals surface area contributed by atoms with Crippen molar-refractivity contribution >= 4 is 21.6 Å². The maximum Gasteiger partial charge on any atom is 0.243 e. The van der Waals surface area contributed by atoms with Gasteiger partial charge in [-0.15, -0.1) is 0 Å². The molecular weight excluding hydrogens is 302 g/mol. The monoisotopic (exact) mass is 319 g/mol. The second-order valence-electron chi connectivity index (χ2n) is 4.88. The zero-order valence-corrected chi connectivity index (χ0v) is 13.2. The van der Waals surface area contributed by atoms with Crippen LogP contribution in [-0.4, -0.2) is 45.1 Å². The van der Waals surface area contributed by atoms with Crippen LogP contribution in [0.3, 0.4) is 0 Å². The molecule has 0 unspecified atom stereocenters. The van der Waals surface area contributed by atoms with Gasteiger partial charge in [-0.05, 0) is 26.0 Å². The van der Waals surface area contributed by atoms with E-state index in [2.05, 4.69) is 0 Å². The van der Waals surface area contributed by atoms with Crippen molar-refractivity contribution in [3.63, 3.8) is 0 Å². The second-order valence-corrected chi connectivity index (χ2v) is 7.22. The van der Waals surface area contributed by atoms with Gasteiger partial charge in [0.15, 0.2) is 0 Å². The normalized spacial score (nSPS) is 24.6. The lowest BCUT2D eigenvalue weighted by Crippen LogP contribution is -2.48. The summed E-state index contributed by atoms with van der Waals surface area (Å²) in [5, 5.41) is 0.384. The molecule has 0 spiro atoms. The fourth-order valence-electron chi connectivity index (χ4n) is 2.28. The highest BCUT2D eigenvalue weighted by molar-refractivity contribution is 7.89. The summed E-state index contributed by atoms with van der Waals surface area (Å²) >= 11 is 5.93. The predicted octanol–water partition coefficient (Wildman–Crippen LogP) is 2.15. The van der Waals surface area contributed by atoms with E-state index < -0.39 is 10.0 Å². The van der Waals surface area contributed by atoms with Gasteiger partial charge in [0.05, 0.1) is 29.2 Å². The van der Waals surface area contributed by atoms with Gasteiger partial charge in [-0.25, -0.2) is 8.42 Å².